The number of para-hydroxylation sites is 1. The molecule has 1 aliphatic carbocycles. The zero-order chi connectivity index (χ0) is 8.73. The van der Waals surface area contributed by atoms with Crippen molar-refractivity contribution in [3.05, 3.63) is 24.3 Å². The first-order valence-electron chi connectivity index (χ1n) is 4.88. The van der Waals surface area contributed by atoms with E-state index >= 15 is 0 Å². The summed E-state index contributed by atoms with van der Waals surface area (Å²) >= 11 is 2.01. The maximum atomic E-state index is 3.69. The van der Waals surface area contributed by atoms with Crippen LogP contribution in [0.5, 0.6) is 0 Å². The molecule has 0 bridgehead atoms. The van der Waals surface area contributed by atoms with Crippen LogP contribution in [0.4, 0.5) is 5.69 Å². The van der Waals surface area contributed by atoms with Crippen LogP contribution in [0.1, 0.15) is 19.3 Å². The minimum atomic E-state index is 0.457. The predicted molar refractivity (Wildman–Crippen MR) is 57.4 cm³/mol. The number of rotatable bonds is 0. The molecule has 0 atom stereocenters. The minimum Gasteiger partial charge on any atom is -0.378 e. The van der Waals surface area contributed by atoms with E-state index in [-0.39, 0.29) is 0 Å². The molecule has 1 aliphatic heterocycles. The molecule has 1 nitrogen and oxygen atoms in total. The Labute approximate surface area is 82.9 Å². The normalized spacial score (nSPS) is 23.1. The number of fused-ring (bicyclic) bond motifs is 1. The van der Waals surface area contributed by atoms with Crippen molar-refractivity contribution < 1.29 is 0 Å². The molecule has 0 radical (unpaired) electrons. The molecule has 1 heterocycles. The van der Waals surface area contributed by atoms with E-state index in [9.17, 15) is 0 Å². The Morgan fingerprint density at radius 3 is 2.85 bits per heavy atom. The summed E-state index contributed by atoms with van der Waals surface area (Å²) in [6.45, 7) is 0. The topological polar surface area (TPSA) is 12.0 Å². The Balaban J connectivity index is 1.94. The summed E-state index contributed by atoms with van der Waals surface area (Å²) in [5, 5.41) is 3.69. The van der Waals surface area contributed by atoms with E-state index in [4.69, 9.17) is 0 Å². The molecule has 1 aromatic carbocycles. The number of anilines is 1. The molecule has 1 spiro atoms. The van der Waals surface area contributed by atoms with Gasteiger partial charge in [0.25, 0.3) is 0 Å². The van der Waals surface area contributed by atoms with Crippen molar-refractivity contribution in [2.75, 3.05) is 11.1 Å². The van der Waals surface area contributed by atoms with E-state index in [0.717, 1.165) is 0 Å². The average Bonchev–Trinajstić information content (AvgIpc) is 2.15. The van der Waals surface area contributed by atoms with Crippen LogP contribution in [0, 0.1) is 0 Å². The molecule has 3 rings (SSSR count). The summed E-state index contributed by atoms with van der Waals surface area (Å²) in [5.74, 6) is 1.25. The third kappa shape index (κ3) is 1.16. The summed E-state index contributed by atoms with van der Waals surface area (Å²) in [6.07, 6.45) is 4.11. The molecule has 0 unspecified atom stereocenters. The third-order valence-corrected chi connectivity index (χ3v) is 4.47. The fourth-order valence-electron chi connectivity index (χ4n) is 2.11. The van der Waals surface area contributed by atoms with Gasteiger partial charge in [-0.3, -0.25) is 0 Å². The lowest BCUT2D eigenvalue weighted by Crippen LogP contribution is -2.48. The summed E-state index contributed by atoms with van der Waals surface area (Å²) in [6, 6.07) is 8.64. The monoisotopic (exact) mass is 191 g/mol. The number of hydrogen-bond donors (Lipinski definition) is 1. The molecule has 68 valence electrons. The van der Waals surface area contributed by atoms with Gasteiger partial charge in [-0.1, -0.05) is 12.1 Å². The minimum absolute atomic E-state index is 0.457. The van der Waals surface area contributed by atoms with Crippen molar-refractivity contribution >= 4 is 17.4 Å². The number of thioether (sulfide) groups is 1. The Morgan fingerprint density at radius 2 is 2.08 bits per heavy atom. The van der Waals surface area contributed by atoms with Gasteiger partial charge in [-0.2, -0.15) is 0 Å². The van der Waals surface area contributed by atoms with Gasteiger partial charge in [0.05, 0.1) is 0 Å². The summed E-state index contributed by atoms with van der Waals surface area (Å²) in [7, 11) is 0. The van der Waals surface area contributed by atoms with Gasteiger partial charge in [0.1, 0.15) is 0 Å². The molecule has 2 aliphatic rings. The van der Waals surface area contributed by atoms with Crippen LogP contribution in [-0.4, -0.2) is 11.3 Å². The van der Waals surface area contributed by atoms with Gasteiger partial charge < -0.3 is 5.32 Å². The van der Waals surface area contributed by atoms with E-state index < -0.39 is 0 Å². The smallest absolute Gasteiger partial charge is 0.0482 e. The Bertz CT molecular complexity index is 331. The molecule has 0 amide bonds. The lowest BCUT2D eigenvalue weighted by Gasteiger charge is -2.46. The lowest BCUT2D eigenvalue weighted by atomic mass is 9.78. The van der Waals surface area contributed by atoms with Crippen LogP contribution in [0.15, 0.2) is 29.2 Å². The number of hydrogen-bond acceptors (Lipinski definition) is 2. The van der Waals surface area contributed by atoms with Crippen LogP contribution >= 0.6 is 11.8 Å². The maximum Gasteiger partial charge on any atom is 0.0482 e. The van der Waals surface area contributed by atoms with Gasteiger partial charge in [-0.15, -0.1) is 11.8 Å². The zero-order valence-electron chi connectivity index (χ0n) is 7.55. The second kappa shape index (κ2) is 2.68. The fourth-order valence-corrected chi connectivity index (χ4v) is 3.35. The number of nitrogens with one attached hydrogen (secondary N) is 1. The lowest BCUT2D eigenvalue weighted by molar-refractivity contribution is 0.310. The standard InChI is InChI=1S/C11H13NS/c1-2-5-10-9(4-1)12-11(8-13-10)6-3-7-11/h1-2,4-5,12H,3,6-8H2. The van der Waals surface area contributed by atoms with Gasteiger partial charge in [0, 0.05) is 21.9 Å². The molecule has 1 aromatic rings. The van der Waals surface area contributed by atoms with Gasteiger partial charge >= 0.3 is 0 Å². The maximum absolute atomic E-state index is 3.69. The SMILES string of the molecule is c1ccc2c(c1)NC1(CCC1)CS2. The van der Waals surface area contributed by atoms with Crippen LogP contribution in [0.3, 0.4) is 0 Å². The third-order valence-electron chi connectivity index (χ3n) is 3.10. The highest BCUT2D eigenvalue weighted by Gasteiger charge is 2.39. The summed E-state index contributed by atoms with van der Waals surface area (Å²) < 4.78 is 0. The molecule has 2 heteroatoms. The first-order chi connectivity index (χ1) is 6.38. The molecule has 13 heavy (non-hydrogen) atoms. The zero-order valence-corrected chi connectivity index (χ0v) is 8.36. The van der Waals surface area contributed by atoms with Crippen LogP contribution in [-0.2, 0) is 0 Å². The quantitative estimate of drug-likeness (QED) is 0.676. The van der Waals surface area contributed by atoms with E-state index in [1.807, 2.05) is 11.8 Å². The predicted octanol–water partition coefficient (Wildman–Crippen LogP) is 3.13. The van der Waals surface area contributed by atoms with Gasteiger partial charge in [-0.25, -0.2) is 0 Å². The van der Waals surface area contributed by atoms with Crippen molar-refractivity contribution in [3.63, 3.8) is 0 Å². The molecular weight excluding hydrogens is 178 g/mol. The van der Waals surface area contributed by atoms with Crippen molar-refractivity contribution in [2.24, 2.45) is 0 Å². The van der Waals surface area contributed by atoms with E-state index in [1.54, 1.807) is 0 Å². The van der Waals surface area contributed by atoms with Crippen LogP contribution in [0.2, 0.25) is 0 Å². The summed E-state index contributed by atoms with van der Waals surface area (Å²) in [4.78, 5) is 1.42. The molecule has 0 aromatic heterocycles. The van der Waals surface area contributed by atoms with Crippen molar-refractivity contribution in [2.45, 2.75) is 29.7 Å². The van der Waals surface area contributed by atoms with E-state index in [2.05, 4.69) is 29.6 Å². The van der Waals surface area contributed by atoms with Crippen molar-refractivity contribution in [1.82, 2.24) is 0 Å². The summed E-state index contributed by atoms with van der Waals surface area (Å²) in [5.41, 5.74) is 1.80. The fraction of sp³-hybridized carbons (Fsp3) is 0.455. The first-order valence-corrected chi connectivity index (χ1v) is 5.87. The molecular formula is C11H13NS. The van der Waals surface area contributed by atoms with Crippen LogP contribution in [0.25, 0.3) is 0 Å². The molecule has 1 saturated carbocycles. The Morgan fingerprint density at radius 1 is 1.23 bits per heavy atom. The second-order valence-electron chi connectivity index (χ2n) is 4.04. The van der Waals surface area contributed by atoms with Crippen LogP contribution < -0.4 is 5.32 Å². The molecule has 1 N–H and O–H groups in total. The highest BCUT2D eigenvalue weighted by molar-refractivity contribution is 7.99. The number of benzene rings is 1. The average molecular weight is 191 g/mol. The van der Waals surface area contributed by atoms with E-state index in [1.165, 1.54) is 35.6 Å². The molecule has 1 fully saturated rings. The highest BCUT2D eigenvalue weighted by Crippen LogP contribution is 2.45. The first kappa shape index (κ1) is 7.74. The van der Waals surface area contributed by atoms with Crippen molar-refractivity contribution in [3.8, 4) is 0 Å². The van der Waals surface area contributed by atoms with Crippen molar-refractivity contribution in [1.29, 1.82) is 0 Å². The molecule has 0 saturated heterocycles. The van der Waals surface area contributed by atoms with Gasteiger partial charge in [0.2, 0.25) is 0 Å². The Hall–Kier alpha value is -0.630. The largest absolute Gasteiger partial charge is 0.378 e. The Kier molecular flexibility index (Phi) is 1.59. The second-order valence-corrected chi connectivity index (χ2v) is 5.06. The highest BCUT2D eigenvalue weighted by atomic mass is 32.2. The van der Waals surface area contributed by atoms with Gasteiger partial charge in [-0.05, 0) is 31.4 Å². The van der Waals surface area contributed by atoms with Gasteiger partial charge in [0.15, 0.2) is 0 Å². The van der Waals surface area contributed by atoms with E-state index in [0.29, 0.717) is 5.54 Å².